The van der Waals surface area contributed by atoms with Gasteiger partial charge < -0.3 is 9.67 Å². The Hall–Kier alpha value is -3.47. The van der Waals surface area contributed by atoms with Crippen LogP contribution in [0.4, 0.5) is 15.8 Å². The summed E-state index contributed by atoms with van der Waals surface area (Å²) in [5.41, 5.74) is 3.89. The van der Waals surface area contributed by atoms with Crippen LogP contribution >= 0.6 is 0 Å². The van der Waals surface area contributed by atoms with E-state index in [0.29, 0.717) is 17.9 Å². The molecule has 0 saturated carbocycles. The van der Waals surface area contributed by atoms with Gasteiger partial charge in [0, 0.05) is 11.5 Å². The summed E-state index contributed by atoms with van der Waals surface area (Å²) in [7, 11) is 0. The highest BCUT2D eigenvalue weighted by atomic mass is 19.1. The molecule has 4 aromatic rings. The van der Waals surface area contributed by atoms with Gasteiger partial charge >= 0.3 is 0 Å². The van der Waals surface area contributed by atoms with E-state index < -0.39 is 0 Å². The number of nitrogens with zero attached hydrogens (tertiary/aromatic N) is 3. The molecule has 0 spiro atoms. The van der Waals surface area contributed by atoms with Crippen LogP contribution in [0, 0.1) is 12.7 Å². The normalized spacial score (nSPS) is 11.5. The van der Waals surface area contributed by atoms with Gasteiger partial charge in [-0.2, -0.15) is 5.11 Å². The van der Waals surface area contributed by atoms with Crippen molar-refractivity contribution in [2.75, 3.05) is 0 Å². The summed E-state index contributed by atoms with van der Waals surface area (Å²) in [5.74, 6) is -0.339. The van der Waals surface area contributed by atoms with Crippen molar-refractivity contribution >= 4 is 22.3 Å². The van der Waals surface area contributed by atoms with Crippen LogP contribution in [0.3, 0.4) is 0 Å². The van der Waals surface area contributed by atoms with Crippen molar-refractivity contribution in [1.82, 2.24) is 4.57 Å². The average molecular weight is 359 g/mol. The molecule has 0 aliphatic carbocycles. The number of benzene rings is 3. The van der Waals surface area contributed by atoms with Crippen LogP contribution in [0.5, 0.6) is 5.88 Å². The lowest BCUT2D eigenvalue weighted by molar-refractivity contribution is 0.429. The van der Waals surface area contributed by atoms with Gasteiger partial charge in [-0.3, -0.25) is 0 Å². The molecule has 0 amide bonds. The maximum absolute atomic E-state index is 13.3. The largest absolute Gasteiger partial charge is 0.493 e. The van der Waals surface area contributed by atoms with Crippen LogP contribution in [0.15, 0.2) is 83.0 Å². The third kappa shape index (κ3) is 3.44. The first-order valence-corrected chi connectivity index (χ1v) is 8.65. The van der Waals surface area contributed by atoms with E-state index in [0.717, 1.165) is 16.5 Å². The van der Waals surface area contributed by atoms with E-state index in [1.165, 1.54) is 17.7 Å². The second kappa shape index (κ2) is 7.03. The summed E-state index contributed by atoms with van der Waals surface area (Å²) in [6.45, 7) is 2.55. The minimum absolute atomic E-state index is 0.0388. The van der Waals surface area contributed by atoms with E-state index in [9.17, 15) is 9.50 Å². The SMILES string of the molecule is Cc1ccc(Cn2c(O)c(N=Nc3cccc(F)c3)c3ccccc32)cc1. The van der Waals surface area contributed by atoms with Crippen LogP contribution in [0.25, 0.3) is 10.9 Å². The van der Waals surface area contributed by atoms with Gasteiger partial charge in [0.1, 0.15) is 5.82 Å². The molecule has 0 atom stereocenters. The van der Waals surface area contributed by atoms with Gasteiger partial charge in [0.15, 0.2) is 5.69 Å². The van der Waals surface area contributed by atoms with Crippen LogP contribution in [0.1, 0.15) is 11.1 Å². The molecule has 1 aromatic heterocycles. The van der Waals surface area contributed by atoms with Crippen molar-refractivity contribution in [2.45, 2.75) is 13.5 Å². The van der Waals surface area contributed by atoms with Gasteiger partial charge in [0.25, 0.3) is 0 Å². The minimum Gasteiger partial charge on any atom is -0.493 e. The van der Waals surface area contributed by atoms with Gasteiger partial charge in [0.2, 0.25) is 5.88 Å². The molecule has 0 aliphatic rings. The molecule has 0 radical (unpaired) electrons. The monoisotopic (exact) mass is 359 g/mol. The lowest BCUT2D eigenvalue weighted by Gasteiger charge is -2.07. The Morgan fingerprint density at radius 3 is 2.48 bits per heavy atom. The Kier molecular flexibility index (Phi) is 4.42. The highest BCUT2D eigenvalue weighted by Crippen LogP contribution is 2.39. The first-order chi connectivity index (χ1) is 13.1. The molecule has 0 bridgehead atoms. The molecular formula is C22H18FN3O. The summed E-state index contributed by atoms with van der Waals surface area (Å²) in [4.78, 5) is 0. The molecule has 0 unspecified atom stereocenters. The first-order valence-electron chi connectivity index (χ1n) is 8.65. The summed E-state index contributed by atoms with van der Waals surface area (Å²) in [6.07, 6.45) is 0. The molecule has 3 aromatic carbocycles. The maximum atomic E-state index is 13.3. The Morgan fingerprint density at radius 1 is 0.926 bits per heavy atom. The molecule has 1 N–H and O–H groups in total. The quantitative estimate of drug-likeness (QED) is 0.430. The van der Waals surface area contributed by atoms with Crippen LogP contribution in [-0.4, -0.2) is 9.67 Å². The van der Waals surface area contributed by atoms with Gasteiger partial charge in [-0.1, -0.05) is 54.1 Å². The number of aromatic hydroxyl groups is 1. The zero-order chi connectivity index (χ0) is 18.8. The Bertz CT molecular complexity index is 1130. The Balaban J connectivity index is 1.77. The topological polar surface area (TPSA) is 49.9 Å². The maximum Gasteiger partial charge on any atom is 0.221 e. The standard InChI is InChI=1S/C22H18FN3O/c1-15-9-11-16(12-10-15)14-26-20-8-3-2-7-19(20)21(22(26)27)25-24-18-6-4-5-17(23)13-18/h2-13,27H,14H2,1H3. The van der Waals surface area contributed by atoms with E-state index >= 15 is 0 Å². The summed E-state index contributed by atoms with van der Waals surface area (Å²) < 4.78 is 15.2. The fourth-order valence-electron chi connectivity index (χ4n) is 3.05. The van der Waals surface area contributed by atoms with Gasteiger partial charge in [-0.05, 0) is 30.7 Å². The van der Waals surface area contributed by atoms with Gasteiger partial charge in [-0.25, -0.2) is 4.39 Å². The molecule has 1 heterocycles. The summed E-state index contributed by atoms with van der Waals surface area (Å²) in [5, 5.41) is 19.9. The molecule has 4 rings (SSSR count). The van der Waals surface area contributed by atoms with Crippen LogP contribution in [-0.2, 0) is 6.54 Å². The molecular weight excluding hydrogens is 341 g/mol. The van der Waals surface area contributed by atoms with E-state index in [2.05, 4.69) is 10.2 Å². The fraction of sp³-hybridized carbons (Fsp3) is 0.0909. The Labute approximate surface area is 156 Å². The molecule has 134 valence electrons. The lowest BCUT2D eigenvalue weighted by Crippen LogP contribution is -1.98. The van der Waals surface area contributed by atoms with E-state index in [-0.39, 0.29) is 11.7 Å². The van der Waals surface area contributed by atoms with Crippen LogP contribution < -0.4 is 0 Å². The predicted molar refractivity (Wildman–Crippen MR) is 104 cm³/mol. The first kappa shape index (κ1) is 17.0. The number of hydrogen-bond donors (Lipinski definition) is 1. The van der Waals surface area contributed by atoms with Crippen LogP contribution in [0.2, 0.25) is 0 Å². The third-order valence-electron chi connectivity index (χ3n) is 4.45. The lowest BCUT2D eigenvalue weighted by atomic mass is 10.1. The molecule has 0 aliphatic heterocycles. The number of aromatic nitrogens is 1. The number of azo groups is 1. The molecule has 27 heavy (non-hydrogen) atoms. The average Bonchev–Trinajstić information content (AvgIpc) is 2.93. The van der Waals surface area contributed by atoms with Crippen molar-refractivity contribution in [3.8, 4) is 5.88 Å². The zero-order valence-corrected chi connectivity index (χ0v) is 14.8. The molecule has 0 saturated heterocycles. The summed E-state index contributed by atoms with van der Waals surface area (Å²) >= 11 is 0. The van der Waals surface area contributed by atoms with Crippen molar-refractivity contribution in [3.05, 3.63) is 89.7 Å². The second-order valence-corrected chi connectivity index (χ2v) is 6.44. The van der Waals surface area contributed by atoms with Crippen molar-refractivity contribution < 1.29 is 9.50 Å². The zero-order valence-electron chi connectivity index (χ0n) is 14.8. The smallest absolute Gasteiger partial charge is 0.221 e. The fourth-order valence-corrected chi connectivity index (χ4v) is 3.05. The number of aryl methyl sites for hydroxylation is 1. The third-order valence-corrected chi connectivity index (χ3v) is 4.45. The molecule has 4 nitrogen and oxygen atoms in total. The number of fused-ring (bicyclic) bond motifs is 1. The predicted octanol–water partition coefficient (Wildman–Crippen LogP) is 6.26. The minimum atomic E-state index is -0.377. The van der Waals surface area contributed by atoms with Gasteiger partial charge in [-0.15, -0.1) is 5.11 Å². The van der Waals surface area contributed by atoms with Gasteiger partial charge in [0.05, 0.1) is 17.7 Å². The Morgan fingerprint density at radius 2 is 1.70 bits per heavy atom. The molecule has 0 fully saturated rings. The number of para-hydroxylation sites is 1. The van der Waals surface area contributed by atoms with E-state index in [4.69, 9.17) is 0 Å². The van der Waals surface area contributed by atoms with E-state index in [1.54, 1.807) is 16.7 Å². The number of hydrogen-bond acceptors (Lipinski definition) is 3. The highest BCUT2D eigenvalue weighted by molar-refractivity contribution is 5.95. The summed E-state index contributed by atoms with van der Waals surface area (Å²) in [6, 6.07) is 21.7. The van der Waals surface area contributed by atoms with Crippen molar-refractivity contribution in [2.24, 2.45) is 10.2 Å². The molecule has 5 heteroatoms. The number of rotatable bonds is 4. The van der Waals surface area contributed by atoms with Crippen molar-refractivity contribution in [1.29, 1.82) is 0 Å². The van der Waals surface area contributed by atoms with Crippen molar-refractivity contribution in [3.63, 3.8) is 0 Å². The highest BCUT2D eigenvalue weighted by Gasteiger charge is 2.16. The number of halogens is 1. The second-order valence-electron chi connectivity index (χ2n) is 6.44. The van der Waals surface area contributed by atoms with E-state index in [1.807, 2.05) is 55.5 Å².